The number of rotatable bonds is 6. The third-order valence-corrected chi connectivity index (χ3v) is 4.31. The van der Waals surface area contributed by atoms with Crippen LogP contribution in [0.15, 0.2) is 47.1 Å². The van der Waals surface area contributed by atoms with Crippen molar-refractivity contribution in [2.45, 2.75) is 20.3 Å². The van der Waals surface area contributed by atoms with E-state index in [1.165, 1.54) is 6.26 Å². The maximum atomic E-state index is 12.1. The molecule has 1 aromatic heterocycles. The van der Waals surface area contributed by atoms with Gasteiger partial charge in [0, 0.05) is 17.0 Å². The molecule has 2 amide bonds. The molecular formula is C21H22N2O5. The van der Waals surface area contributed by atoms with Crippen LogP contribution in [0, 0.1) is 13.8 Å². The summed E-state index contributed by atoms with van der Waals surface area (Å²) in [5.74, 6) is 0.537. The predicted molar refractivity (Wildman–Crippen MR) is 104 cm³/mol. The molecule has 0 fully saturated rings. The zero-order valence-corrected chi connectivity index (χ0v) is 16.0. The standard InChI is InChI=1S/C21H22N2O5/c1-13-5-4-6-14(2)21(13)28-12-20(25)23-22-19(24)9-15-11-27-18-10-16(26-3)7-8-17(15)18/h4-8,10-11H,9,12H2,1-3H3,(H,22,24)(H,23,25). The lowest BCUT2D eigenvalue weighted by atomic mass is 10.1. The van der Waals surface area contributed by atoms with Crippen molar-refractivity contribution in [2.75, 3.05) is 13.7 Å². The summed E-state index contributed by atoms with van der Waals surface area (Å²) >= 11 is 0. The Bertz CT molecular complexity index is 989. The lowest BCUT2D eigenvalue weighted by Crippen LogP contribution is -2.44. The number of benzene rings is 2. The molecule has 3 rings (SSSR count). The van der Waals surface area contributed by atoms with Gasteiger partial charge in [0.1, 0.15) is 17.1 Å². The van der Waals surface area contributed by atoms with Crippen molar-refractivity contribution in [3.05, 3.63) is 59.4 Å². The highest BCUT2D eigenvalue weighted by atomic mass is 16.5. The van der Waals surface area contributed by atoms with Crippen LogP contribution in [0.1, 0.15) is 16.7 Å². The second-order valence-electron chi connectivity index (χ2n) is 6.41. The van der Waals surface area contributed by atoms with Crippen LogP contribution in [-0.4, -0.2) is 25.5 Å². The van der Waals surface area contributed by atoms with Crippen LogP contribution < -0.4 is 20.3 Å². The van der Waals surface area contributed by atoms with Crippen molar-refractivity contribution in [2.24, 2.45) is 0 Å². The van der Waals surface area contributed by atoms with Gasteiger partial charge >= 0.3 is 0 Å². The molecule has 7 nitrogen and oxygen atoms in total. The Labute approximate surface area is 162 Å². The van der Waals surface area contributed by atoms with E-state index in [9.17, 15) is 9.59 Å². The van der Waals surface area contributed by atoms with Gasteiger partial charge in [-0.1, -0.05) is 18.2 Å². The van der Waals surface area contributed by atoms with Gasteiger partial charge in [-0.3, -0.25) is 20.4 Å². The fraction of sp³-hybridized carbons (Fsp3) is 0.238. The summed E-state index contributed by atoms with van der Waals surface area (Å²) < 4.78 is 16.2. The molecular weight excluding hydrogens is 360 g/mol. The van der Waals surface area contributed by atoms with Gasteiger partial charge in [-0.05, 0) is 37.1 Å². The first kappa shape index (κ1) is 19.3. The number of furan rings is 1. The van der Waals surface area contributed by atoms with Crippen LogP contribution in [0.2, 0.25) is 0 Å². The molecule has 0 spiro atoms. The minimum absolute atomic E-state index is 0.0668. The first-order valence-corrected chi connectivity index (χ1v) is 8.78. The molecule has 0 aliphatic carbocycles. The number of fused-ring (bicyclic) bond motifs is 1. The van der Waals surface area contributed by atoms with Crippen molar-refractivity contribution < 1.29 is 23.5 Å². The van der Waals surface area contributed by atoms with E-state index in [0.717, 1.165) is 22.1 Å². The van der Waals surface area contributed by atoms with E-state index in [2.05, 4.69) is 10.9 Å². The maximum absolute atomic E-state index is 12.1. The average Bonchev–Trinajstić information content (AvgIpc) is 3.07. The summed E-state index contributed by atoms with van der Waals surface area (Å²) in [7, 11) is 1.57. The fourth-order valence-electron chi connectivity index (χ4n) is 2.88. The number of methoxy groups -OCH3 is 1. The molecule has 0 atom stereocenters. The topological polar surface area (TPSA) is 89.8 Å². The number of carbonyl (C=O) groups is 2. The monoisotopic (exact) mass is 382 g/mol. The van der Waals surface area contributed by atoms with Crippen LogP contribution in [0.4, 0.5) is 0 Å². The van der Waals surface area contributed by atoms with Gasteiger partial charge in [0.15, 0.2) is 6.61 Å². The van der Waals surface area contributed by atoms with E-state index in [1.54, 1.807) is 19.2 Å². The highest BCUT2D eigenvalue weighted by Gasteiger charge is 2.13. The second kappa shape index (κ2) is 8.47. The minimum Gasteiger partial charge on any atom is -0.497 e. The first-order chi connectivity index (χ1) is 13.5. The Morgan fingerprint density at radius 3 is 2.46 bits per heavy atom. The Balaban J connectivity index is 1.51. The molecule has 0 bridgehead atoms. The number of ether oxygens (including phenoxy) is 2. The molecule has 0 unspecified atom stereocenters. The van der Waals surface area contributed by atoms with Crippen LogP contribution in [0.5, 0.6) is 11.5 Å². The third-order valence-electron chi connectivity index (χ3n) is 4.31. The number of carbonyl (C=O) groups excluding carboxylic acids is 2. The summed E-state index contributed by atoms with van der Waals surface area (Å²) in [4.78, 5) is 24.1. The molecule has 0 aliphatic heterocycles. The Hall–Kier alpha value is -3.48. The van der Waals surface area contributed by atoms with Gasteiger partial charge in [-0.25, -0.2) is 0 Å². The molecule has 3 aromatic rings. The largest absolute Gasteiger partial charge is 0.497 e. The zero-order valence-electron chi connectivity index (χ0n) is 16.0. The Morgan fingerprint density at radius 1 is 1.04 bits per heavy atom. The van der Waals surface area contributed by atoms with Gasteiger partial charge in [0.05, 0.1) is 19.8 Å². The highest BCUT2D eigenvalue weighted by Crippen LogP contribution is 2.26. The summed E-state index contributed by atoms with van der Waals surface area (Å²) in [6.07, 6.45) is 1.59. The lowest BCUT2D eigenvalue weighted by Gasteiger charge is -2.12. The van der Waals surface area contributed by atoms with Crippen LogP contribution >= 0.6 is 0 Å². The summed E-state index contributed by atoms with van der Waals surface area (Å²) in [5, 5.41) is 0.820. The number of hydrogen-bond acceptors (Lipinski definition) is 5. The van der Waals surface area contributed by atoms with Crippen molar-refractivity contribution in [1.29, 1.82) is 0 Å². The van der Waals surface area contributed by atoms with Gasteiger partial charge < -0.3 is 13.9 Å². The first-order valence-electron chi connectivity index (χ1n) is 8.78. The van der Waals surface area contributed by atoms with E-state index >= 15 is 0 Å². The van der Waals surface area contributed by atoms with E-state index in [1.807, 2.05) is 38.1 Å². The van der Waals surface area contributed by atoms with E-state index in [-0.39, 0.29) is 18.9 Å². The minimum atomic E-state index is -0.446. The fourth-order valence-corrected chi connectivity index (χ4v) is 2.88. The van der Waals surface area contributed by atoms with Crippen LogP contribution in [0.3, 0.4) is 0 Å². The molecule has 28 heavy (non-hydrogen) atoms. The molecule has 0 aliphatic rings. The molecule has 0 saturated heterocycles. The van der Waals surface area contributed by atoms with Gasteiger partial charge in [-0.15, -0.1) is 0 Å². The van der Waals surface area contributed by atoms with E-state index in [0.29, 0.717) is 17.1 Å². The Morgan fingerprint density at radius 2 is 1.75 bits per heavy atom. The molecule has 0 saturated carbocycles. The molecule has 0 radical (unpaired) electrons. The maximum Gasteiger partial charge on any atom is 0.276 e. The van der Waals surface area contributed by atoms with Crippen LogP contribution in [0.25, 0.3) is 11.0 Å². The molecule has 7 heteroatoms. The summed E-state index contributed by atoms with van der Waals surface area (Å²) in [5.41, 5.74) is 7.99. The predicted octanol–water partition coefficient (Wildman–Crippen LogP) is 2.83. The normalized spacial score (nSPS) is 10.5. The van der Waals surface area contributed by atoms with Crippen molar-refractivity contribution in [3.63, 3.8) is 0 Å². The van der Waals surface area contributed by atoms with Gasteiger partial charge in [-0.2, -0.15) is 0 Å². The molecule has 2 aromatic carbocycles. The number of aryl methyl sites for hydroxylation is 2. The molecule has 146 valence electrons. The smallest absolute Gasteiger partial charge is 0.276 e. The van der Waals surface area contributed by atoms with Gasteiger partial charge in [0.25, 0.3) is 5.91 Å². The summed E-state index contributed by atoms with van der Waals surface area (Å²) in [6, 6.07) is 11.1. The number of hydrogen-bond donors (Lipinski definition) is 2. The average molecular weight is 382 g/mol. The SMILES string of the molecule is COc1ccc2c(CC(=O)NNC(=O)COc3c(C)cccc3C)coc2c1. The quantitative estimate of drug-likeness (QED) is 0.640. The highest BCUT2D eigenvalue weighted by molar-refractivity contribution is 5.89. The number of amides is 2. The van der Waals surface area contributed by atoms with E-state index < -0.39 is 5.91 Å². The van der Waals surface area contributed by atoms with Crippen molar-refractivity contribution in [3.8, 4) is 11.5 Å². The van der Waals surface area contributed by atoms with Crippen molar-refractivity contribution >= 4 is 22.8 Å². The van der Waals surface area contributed by atoms with Crippen molar-refractivity contribution in [1.82, 2.24) is 10.9 Å². The Kier molecular flexibility index (Phi) is 5.84. The second-order valence-corrected chi connectivity index (χ2v) is 6.41. The van der Waals surface area contributed by atoms with E-state index in [4.69, 9.17) is 13.9 Å². The summed E-state index contributed by atoms with van der Waals surface area (Å²) in [6.45, 7) is 3.63. The number of para-hydroxylation sites is 1. The third kappa shape index (κ3) is 4.43. The lowest BCUT2D eigenvalue weighted by molar-refractivity contribution is -0.129. The van der Waals surface area contributed by atoms with Crippen LogP contribution in [-0.2, 0) is 16.0 Å². The zero-order chi connectivity index (χ0) is 20.1. The number of nitrogens with one attached hydrogen (secondary N) is 2. The number of hydrazine groups is 1. The molecule has 2 N–H and O–H groups in total. The van der Waals surface area contributed by atoms with Gasteiger partial charge in [0.2, 0.25) is 5.91 Å². The molecule has 1 heterocycles.